The number of nitrogens with zero attached hydrogens (tertiary/aromatic N) is 1. The maximum absolute atomic E-state index is 13.2. The molecular formula is C12H13FN2S. The topological polar surface area (TPSA) is 38.9 Å². The Balaban J connectivity index is 2.57. The maximum Gasteiger partial charge on any atom is 0.123 e. The summed E-state index contributed by atoms with van der Waals surface area (Å²) in [5, 5.41) is 1.64. The van der Waals surface area contributed by atoms with Gasteiger partial charge in [-0.15, -0.1) is 11.3 Å². The van der Waals surface area contributed by atoms with E-state index in [2.05, 4.69) is 4.98 Å². The number of aryl methyl sites for hydroxylation is 2. The van der Waals surface area contributed by atoms with Crippen LogP contribution in [0, 0.1) is 12.7 Å². The molecule has 0 unspecified atom stereocenters. The van der Waals surface area contributed by atoms with Crippen LogP contribution in [0.5, 0.6) is 0 Å². The first-order valence-corrected chi connectivity index (χ1v) is 5.95. The fourth-order valence-electron chi connectivity index (χ4n) is 1.57. The molecule has 0 bridgehead atoms. The first kappa shape index (κ1) is 11.1. The van der Waals surface area contributed by atoms with Crippen molar-refractivity contribution in [3.05, 3.63) is 34.6 Å². The van der Waals surface area contributed by atoms with Gasteiger partial charge in [0.15, 0.2) is 0 Å². The second kappa shape index (κ2) is 4.22. The summed E-state index contributed by atoms with van der Waals surface area (Å²) in [5.41, 5.74) is 8.38. The van der Waals surface area contributed by atoms with Gasteiger partial charge >= 0.3 is 0 Å². The largest absolute Gasteiger partial charge is 0.389 e. The average Bonchev–Trinajstić information content (AvgIpc) is 2.63. The highest BCUT2D eigenvalue weighted by atomic mass is 32.1. The third-order valence-corrected chi connectivity index (χ3v) is 3.48. The van der Waals surface area contributed by atoms with Crippen LogP contribution in [0.2, 0.25) is 0 Å². The molecule has 2 nitrogen and oxygen atoms in total. The van der Waals surface area contributed by atoms with Crippen molar-refractivity contribution in [1.29, 1.82) is 0 Å². The summed E-state index contributed by atoms with van der Waals surface area (Å²) in [6, 6.07) is 4.68. The summed E-state index contributed by atoms with van der Waals surface area (Å²) < 4.78 is 13.2. The van der Waals surface area contributed by atoms with Gasteiger partial charge < -0.3 is 5.73 Å². The maximum atomic E-state index is 13.2. The van der Waals surface area contributed by atoms with E-state index in [1.54, 1.807) is 6.07 Å². The van der Waals surface area contributed by atoms with Crippen molar-refractivity contribution in [2.75, 3.05) is 5.73 Å². The summed E-state index contributed by atoms with van der Waals surface area (Å²) in [7, 11) is 0. The average molecular weight is 236 g/mol. The SMILES string of the molecule is CCc1nc(-c2cc(F)ccc2C)c(N)s1. The van der Waals surface area contributed by atoms with Crippen molar-refractivity contribution in [3.63, 3.8) is 0 Å². The number of halogens is 1. The summed E-state index contributed by atoms with van der Waals surface area (Å²) >= 11 is 1.47. The molecule has 0 saturated heterocycles. The van der Waals surface area contributed by atoms with E-state index in [0.29, 0.717) is 10.7 Å². The fourth-order valence-corrected chi connectivity index (χ4v) is 2.36. The Morgan fingerprint density at radius 3 is 2.81 bits per heavy atom. The zero-order chi connectivity index (χ0) is 11.7. The summed E-state index contributed by atoms with van der Waals surface area (Å²) in [5.74, 6) is -0.258. The number of hydrogen-bond donors (Lipinski definition) is 1. The predicted molar refractivity (Wildman–Crippen MR) is 66.0 cm³/mol. The van der Waals surface area contributed by atoms with Gasteiger partial charge in [-0.25, -0.2) is 9.37 Å². The number of aromatic nitrogens is 1. The molecule has 0 amide bonds. The molecule has 0 aliphatic heterocycles. The van der Waals surface area contributed by atoms with Crippen LogP contribution in [0.4, 0.5) is 9.39 Å². The van der Waals surface area contributed by atoms with E-state index in [9.17, 15) is 4.39 Å². The number of thiazole rings is 1. The predicted octanol–water partition coefficient (Wildman–Crippen LogP) is 3.40. The minimum atomic E-state index is -0.258. The second-order valence-corrected chi connectivity index (χ2v) is 4.75. The van der Waals surface area contributed by atoms with E-state index in [0.717, 1.165) is 22.6 Å². The molecule has 2 N–H and O–H groups in total. The third kappa shape index (κ3) is 1.93. The molecule has 84 valence electrons. The lowest BCUT2D eigenvalue weighted by Crippen LogP contribution is -1.90. The lowest BCUT2D eigenvalue weighted by Gasteiger charge is -2.03. The van der Waals surface area contributed by atoms with E-state index in [1.807, 2.05) is 13.8 Å². The van der Waals surface area contributed by atoms with Crippen LogP contribution in [0.15, 0.2) is 18.2 Å². The minimum absolute atomic E-state index is 0.258. The van der Waals surface area contributed by atoms with E-state index in [4.69, 9.17) is 5.73 Å². The summed E-state index contributed by atoms with van der Waals surface area (Å²) in [6.45, 7) is 3.96. The summed E-state index contributed by atoms with van der Waals surface area (Å²) in [4.78, 5) is 4.43. The lowest BCUT2D eigenvalue weighted by molar-refractivity contribution is 0.628. The van der Waals surface area contributed by atoms with Crippen molar-refractivity contribution < 1.29 is 4.39 Å². The van der Waals surface area contributed by atoms with Crippen molar-refractivity contribution in [2.24, 2.45) is 0 Å². The zero-order valence-electron chi connectivity index (χ0n) is 9.25. The van der Waals surface area contributed by atoms with Crippen LogP contribution >= 0.6 is 11.3 Å². The van der Waals surface area contributed by atoms with Gasteiger partial charge in [0.25, 0.3) is 0 Å². The van der Waals surface area contributed by atoms with Crippen LogP contribution in [0.1, 0.15) is 17.5 Å². The molecule has 2 aromatic rings. The molecule has 0 radical (unpaired) electrons. The van der Waals surface area contributed by atoms with Crippen molar-refractivity contribution in [3.8, 4) is 11.3 Å². The molecule has 0 spiro atoms. The Morgan fingerprint density at radius 1 is 1.44 bits per heavy atom. The van der Waals surface area contributed by atoms with Crippen molar-refractivity contribution >= 4 is 16.3 Å². The van der Waals surface area contributed by atoms with Crippen LogP contribution in [0.25, 0.3) is 11.3 Å². The van der Waals surface area contributed by atoms with Crippen LogP contribution in [-0.4, -0.2) is 4.98 Å². The van der Waals surface area contributed by atoms with Gasteiger partial charge in [0.1, 0.15) is 16.5 Å². The molecule has 1 aromatic carbocycles. The Kier molecular flexibility index (Phi) is 2.92. The number of nitrogens with two attached hydrogens (primary N) is 1. The molecule has 16 heavy (non-hydrogen) atoms. The second-order valence-electron chi connectivity index (χ2n) is 3.63. The normalized spacial score (nSPS) is 10.7. The number of nitrogen functional groups attached to an aromatic ring is 1. The Bertz CT molecular complexity index is 520. The Hall–Kier alpha value is -1.42. The fraction of sp³-hybridized carbons (Fsp3) is 0.250. The van der Waals surface area contributed by atoms with Gasteiger partial charge in [-0.05, 0) is 31.0 Å². The van der Waals surface area contributed by atoms with E-state index < -0.39 is 0 Å². The number of rotatable bonds is 2. The monoisotopic (exact) mass is 236 g/mol. The molecule has 2 rings (SSSR count). The first-order chi connectivity index (χ1) is 7.61. The number of anilines is 1. The quantitative estimate of drug-likeness (QED) is 0.868. The van der Waals surface area contributed by atoms with Gasteiger partial charge in [0.05, 0.1) is 5.01 Å². The third-order valence-electron chi connectivity index (χ3n) is 2.45. The van der Waals surface area contributed by atoms with E-state index in [-0.39, 0.29) is 5.82 Å². The molecule has 0 fully saturated rings. The van der Waals surface area contributed by atoms with Gasteiger partial charge in [0.2, 0.25) is 0 Å². The molecule has 0 atom stereocenters. The molecule has 1 heterocycles. The summed E-state index contributed by atoms with van der Waals surface area (Å²) in [6.07, 6.45) is 0.850. The highest BCUT2D eigenvalue weighted by Crippen LogP contribution is 2.33. The van der Waals surface area contributed by atoms with Gasteiger partial charge in [-0.3, -0.25) is 0 Å². The number of benzene rings is 1. The van der Waals surface area contributed by atoms with Crippen LogP contribution in [0.3, 0.4) is 0 Å². The Morgan fingerprint density at radius 2 is 2.19 bits per heavy atom. The highest BCUT2D eigenvalue weighted by molar-refractivity contribution is 7.16. The van der Waals surface area contributed by atoms with Crippen LogP contribution < -0.4 is 5.73 Å². The highest BCUT2D eigenvalue weighted by Gasteiger charge is 2.12. The molecule has 0 aliphatic carbocycles. The van der Waals surface area contributed by atoms with E-state index in [1.165, 1.54) is 23.5 Å². The van der Waals surface area contributed by atoms with Crippen LogP contribution in [-0.2, 0) is 6.42 Å². The smallest absolute Gasteiger partial charge is 0.123 e. The van der Waals surface area contributed by atoms with Gasteiger partial charge in [0, 0.05) is 5.56 Å². The van der Waals surface area contributed by atoms with Gasteiger partial charge in [-0.1, -0.05) is 13.0 Å². The number of hydrogen-bond acceptors (Lipinski definition) is 3. The Labute approximate surface area is 97.9 Å². The molecule has 1 aromatic heterocycles. The van der Waals surface area contributed by atoms with Gasteiger partial charge in [-0.2, -0.15) is 0 Å². The first-order valence-electron chi connectivity index (χ1n) is 5.13. The molecule has 4 heteroatoms. The van der Waals surface area contributed by atoms with E-state index >= 15 is 0 Å². The molecule has 0 saturated carbocycles. The molecule has 0 aliphatic rings. The van der Waals surface area contributed by atoms with Crippen molar-refractivity contribution in [2.45, 2.75) is 20.3 Å². The molecular weight excluding hydrogens is 223 g/mol. The zero-order valence-corrected chi connectivity index (χ0v) is 10.1. The standard InChI is InChI=1S/C12H13FN2S/c1-3-10-15-11(12(14)16-10)9-6-8(13)5-4-7(9)2/h4-6H,3,14H2,1-2H3. The van der Waals surface area contributed by atoms with Crippen molar-refractivity contribution in [1.82, 2.24) is 4.98 Å². The minimum Gasteiger partial charge on any atom is -0.389 e. The lowest BCUT2D eigenvalue weighted by atomic mass is 10.1.